The Kier molecular flexibility index (Phi) is 2.02. The Labute approximate surface area is 126 Å². The summed E-state index contributed by atoms with van der Waals surface area (Å²) in [6.07, 6.45) is 8.16. The number of nitrogens with zero attached hydrogens (tertiary/aromatic N) is 2. The number of carbonyl (C=O) groups is 2. The van der Waals surface area contributed by atoms with Gasteiger partial charge < -0.3 is 0 Å². The molecule has 0 N–H and O–H groups in total. The van der Waals surface area contributed by atoms with Crippen molar-refractivity contribution in [1.82, 2.24) is 4.98 Å². The summed E-state index contributed by atoms with van der Waals surface area (Å²) in [5.74, 6) is 0.287. The predicted octanol–water partition coefficient (Wildman–Crippen LogP) is 2.44. The normalized spacial score (nSPS) is 37.7. The molecular formula is C16H13ClN2O2. The third-order valence-electron chi connectivity index (χ3n) is 5.79. The van der Waals surface area contributed by atoms with Gasteiger partial charge in [-0.15, -0.1) is 0 Å². The molecule has 4 aliphatic rings. The average Bonchev–Trinajstić information content (AvgIpc) is 3.05. The second-order valence-electron chi connectivity index (χ2n) is 6.57. The van der Waals surface area contributed by atoms with Crippen LogP contribution in [0.1, 0.15) is 12.8 Å². The first-order chi connectivity index (χ1) is 10.1. The van der Waals surface area contributed by atoms with Gasteiger partial charge in [0, 0.05) is 17.3 Å². The molecule has 0 unspecified atom stereocenters. The summed E-state index contributed by atoms with van der Waals surface area (Å²) in [5.41, 5.74) is 0.231. The minimum Gasteiger partial charge on any atom is -0.274 e. The zero-order chi connectivity index (χ0) is 14.4. The van der Waals surface area contributed by atoms with Crippen molar-refractivity contribution in [2.75, 3.05) is 4.90 Å². The first kappa shape index (κ1) is 11.9. The average molecular weight is 301 g/mol. The van der Waals surface area contributed by atoms with E-state index in [1.165, 1.54) is 11.1 Å². The van der Waals surface area contributed by atoms with Gasteiger partial charge in [0.05, 0.1) is 11.8 Å². The number of imide groups is 1. The number of pyridine rings is 1. The van der Waals surface area contributed by atoms with E-state index in [-0.39, 0.29) is 40.9 Å². The maximum Gasteiger partial charge on any atom is 0.239 e. The lowest BCUT2D eigenvalue weighted by atomic mass is 9.85. The number of halogens is 1. The number of hydrogen-bond acceptors (Lipinski definition) is 3. The van der Waals surface area contributed by atoms with E-state index in [9.17, 15) is 9.59 Å². The summed E-state index contributed by atoms with van der Waals surface area (Å²) in [6.45, 7) is 0. The summed E-state index contributed by atoms with van der Waals surface area (Å²) in [5, 5.41) is 0.484. The van der Waals surface area contributed by atoms with E-state index in [2.05, 4.69) is 17.1 Å². The maximum absolute atomic E-state index is 12.8. The van der Waals surface area contributed by atoms with E-state index >= 15 is 0 Å². The van der Waals surface area contributed by atoms with Crippen LogP contribution in [-0.2, 0) is 9.59 Å². The van der Waals surface area contributed by atoms with Gasteiger partial charge in [0.25, 0.3) is 0 Å². The minimum absolute atomic E-state index is 0.0945. The molecule has 1 saturated heterocycles. The Morgan fingerprint density at radius 1 is 1.14 bits per heavy atom. The quantitative estimate of drug-likeness (QED) is 0.591. The number of allylic oxidation sites excluding steroid dienone is 2. The van der Waals surface area contributed by atoms with Gasteiger partial charge in [-0.1, -0.05) is 23.8 Å². The highest BCUT2D eigenvalue weighted by Gasteiger charge is 2.73. The largest absolute Gasteiger partial charge is 0.274 e. The monoisotopic (exact) mass is 300 g/mol. The van der Waals surface area contributed by atoms with Crippen molar-refractivity contribution in [2.45, 2.75) is 12.8 Å². The summed E-state index contributed by atoms with van der Waals surface area (Å²) in [4.78, 5) is 31.0. The smallest absolute Gasteiger partial charge is 0.239 e. The number of aromatic nitrogens is 1. The van der Waals surface area contributed by atoms with Crippen LogP contribution in [-0.4, -0.2) is 16.8 Å². The van der Waals surface area contributed by atoms with E-state index < -0.39 is 0 Å². The van der Waals surface area contributed by atoms with Crippen molar-refractivity contribution < 1.29 is 9.59 Å². The lowest BCUT2D eigenvalue weighted by Gasteiger charge is -2.21. The van der Waals surface area contributed by atoms with Crippen molar-refractivity contribution in [1.29, 1.82) is 0 Å². The Morgan fingerprint density at radius 3 is 2.29 bits per heavy atom. The highest BCUT2D eigenvalue weighted by molar-refractivity contribution is 6.31. The second kappa shape index (κ2) is 3.55. The molecule has 0 aromatic carbocycles. The van der Waals surface area contributed by atoms with E-state index in [1.54, 1.807) is 12.1 Å². The Balaban J connectivity index is 1.59. The van der Waals surface area contributed by atoms with Crippen molar-refractivity contribution in [2.24, 2.45) is 29.1 Å². The molecule has 21 heavy (non-hydrogen) atoms. The number of anilines is 1. The van der Waals surface area contributed by atoms with E-state index in [0.717, 1.165) is 12.8 Å². The second-order valence-corrected chi connectivity index (χ2v) is 7.00. The SMILES string of the molecule is O=C1[C@@H]2[C@H](C(=O)N1c1cc(Cl)ccn1)[C@@H]1C=C[C@@H]2C12CC2. The van der Waals surface area contributed by atoms with Gasteiger partial charge in [-0.25, -0.2) is 9.88 Å². The summed E-state index contributed by atoms with van der Waals surface area (Å²) < 4.78 is 0. The molecule has 5 heteroatoms. The molecule has 4 atom stereocenters. The number of amides is 2. The molecular weight excluding hydrogens is 288 g/mol. The van der Waals surface area contributed by atoms with Gasteiger partial charge >= 0.3 is 0 Å². The lowest BCUT2D eigenvalue weighted by molar-refractivity contribution is -0.123. The molecule has 3 aliphatic carbocycles. The van der Waals surface area contributed by atoms with Crippen LogP contribution >= 0.6 is 11.6 Å². The highest BCUT2D eigenvalue weighted by Crippen LogP contribution is 2.73. The molecule has 2 saturated carbocycles. The van der Waals surface area contributed by atoms with Crippen LogP contribution in [0, 0.1) is 29.1 Å². The molecule has 1 aliphatic heterocycles. The fourth-order valence-corrected chi connectivity index (χ4v) is 4.97. The first-order valence-electron chi connectivity index (χ1n) is 7.31. The summed E-state index contributed by atoms with van der Waals surface area (Å²) >= 11 is 5.96. The molecule has 2 amide bonds. The summed E-state index contributed by atoms with van der Waals surface area (Å²) in [6, 6.07) is 3.22. The van der Waals surface area contributed by atoms with E-state index in [1.807, 2.05) is 0 Å². The highest BCUT2D eigenvalue weighted by atomic mass is 35.5. The fraction of sp³-hybridized carbons (Fsp3) is 0.438. The molecule has 5 rings (SSSR count). The molecule has 3 fully saturated rings. The number of hydrogen-bond donors (Lipinski definition) is 0. The molecule has 1 aromatic rings. The van der Waals surface area contributed by atoms with Gasteiger partial charge in [-0.2, -0.15) is 0 Å². The zero-order valence-electron chi connectivity index (χ0n) is 11.2. The van der Waals surface area contributed by atoms with Crippen LogP contribution in [0.5, 0.6) is 0 Å². The summed E-state index contributed by atoms with van der Waals surface area (Å²) in [7, 11) is 0. The number of rotatable bonds is 1. The van der Waals surface area contributed by atoms with Crippen LogP contribution in [0.2, 0.25) is 5.02 Å². The number of carbonyl (C=O) groups excluding carboxylic acids is 2. The van der Waals surface area contributed by atoms with Crippen LogP contribution in [0.15, 0.2) is 30.5 Å². The molecule has 2 heterocycles. The Hall–Kier alpha value is -1.68. The standard InChI is InChI=1S/C16H13ClN2O2/c17-8-3-6-18-11(7-8)19-14(20)12-9-1-2-10(13(12)15(19)21)16(9)4-5-16/h1-3,6-7,9-10,12-13H,4-5H2/t9-,10-,12-,13+/m0/s1. The Bertz CT molecular complexity index is 691. The first-order valence-corrected chi connectivity index (χ1v) is 7.69. The van der Waals surface area contributed by atoms with E-state index in [0.29, 0.717) is 10.8 Å². The van der Waals surface area contributed by atoms with Crippen LogP contribution in [0.25, 0.3) is 0 Å². The molecule has 4 nitrogen and oxygen atoms in total. The van der Waals surface area contributed by atoms with Crippen molar-refractivity contribution in [3.8, 4) is 0 Å². The molecule has 106 valence electrons. The fourth-order valence-electron chi connectivity index (χ4n) is 4.82. The van der Waals surface area contributed by atoms with Crippen LogP contribution in [0.3, 0.4) is 0 Å². The van der Waals surface area contributed by atoms with Gasteiger partial charge in [0.2, 0.25) is 11.8 Å². The minimum atomic E-state index is -0.184. The third-order valence-corrected chi connectivity index (χ3v) is 6.02. The topological polar surface area (TPSA) is 50.3 Å². The Morgan fingerprint density at radius 2 is 1.76 bits per heavy atom. The van der Waals surface area contributed by atoms with Gasteiger partial charge in [-0.3, -0.25) is 9.59 Å². The van der Waals surface area contributed by atoms with Gasteiger partial charge in [-0.05, 0) is 36.2 Å². The van der Waals surface area contributed by atoms with Crippen molar-refractivity contribution in [3.63, 3.8) is 0 Å². The molecule has 0 radical (unpaired) electrons. The number of fused-ring (bicyclic) bond motifs is 3. The molecule has 2 bridgehead atoms. The predicted molar refractivity (Wildman–Crippen MR) is 76.5 cm³/mol. The maximum atomic E-state index is 12.8. The van der Waals surface area contributed by atoms with Crippen LogP contribution in [0.4, 0.5) is 5.82 Å². The molecule has 1 spiro atoms. The molecule has 1 aromatic heterocycles. The lowest BCUT2D eigenvalue weighted by Crippen LogP contribution is -2.35. The van der Waals surface area contributed by atoms with Crippen LogP contribution < -0.4 is 4.90 Å². The van der Waals surface area contributed by atoms with Gasteiger partial charge in [0.1, 0.15) is 5.82 Å². The van der Waals surface area contributed by atoms with E-state index in [4.69, 9.17) is 11.6 Å². The third kappa shape index (κ3) is 1.26. The van der Waals surface area contributed by atoms with Crippen molar-refractivity contribution >= 4 is 29.2 Å². The zero-order valence-corrected chi connectivity index (χ0v) is 12.0. The van der Waals surface area contributed by atoms with Crippen molar-refractivity contribution in [3.05, 3.63) is 35.5 Å². The van der Waals surface area contributed by atoms with Gasteiger partial charge in [0.15, 0.2) is 0 Å².